The molecule has 9 heteroatoms. The number of benzene rings is 2. The SMILES string of the molecule is CC1(C)OC[C@]2(OC[C@H]3OC(CS(=O)(=O)c4ccccc4)O[C@H]3[C@@H]2OCc2ccccc2)O1. The van der Waals surface area contributed by atoms with Gasteiger partial charge in [0.2, 0.25) is 5.79 Å². The Bertz CT molecular complexity index is 1060. The first-order valence-corrected chi connectivity index (χ1v) is 12.6. The van der Waals surface area contributed by atoms with E-state index in [1.54, 1.807) is 30.3 Å². The minimum atomic E-state index is -3.59. The topological polar surface area (TPSA) is 89.5 Å². The lowest BCUT2D eigenvalue weighted by Crippen LogP contribution is -2.62. The van der Waals surface area contributed by atoms with Crippen molar-refractivity contribution in [3.05, 3.63) is 66.2 Å². The van der Waals surface area contributed by atoms with Gasteiger partial charge in [-0.3, -0.25) is 0 Å². The fourth-order valence-corrected chi connectivity index (χ4v) is 5.73. The number of sulfone groups is 1. The molecule has 0 radical (unpaired) electrons. The van der Waals surface area contributed by atoms with Crippen molar-refractivity contribution in [2.75, 3.05) is 19.0 Å². The molecule has 3 heterocycles. The molecule has 0 bridgehead atoms. The van der Waals surface area contributed by atoms with Crippen molar-refractivity contribution in [2.24, 2.45) is 0 Å². The number of fused-ring (bicyclic) bond motifs is 1. The van der Waals surface area contributed by atoms with Crippen molar-refractivity contribution in [3.63, 3.8) is 0 Å². The highest BCUT2D eigenvalue weighted by Crippen LogP contribution is 2.44. The zero-order valence-electron chi connectivity index (χ0n) is 18.6. The van der Waals surface area contributed by atoms with Gasteiger partial charge in [0.1, 0.15) is 30.7 Å². The van der Waals surface area contributed by atoms with Gasteiger partial charge in [0, 0.05) is 0 Å². The maximum Gasteiger partial charge on any atom is 0.224 e. The third-order valence-corrected chi connectivity index (χ3v) is 7.70. The summed E-state index contributed by atoms with van der Waals surface area (Å²) in [6, 6.07) is 18.0. The van der Waals surface area contributed by atoms with E-state index in [4.69, 9.17) is 28.4 Å². The van der Waals surface area contributed by atoms with Gasteiger partial charge in [-0.25, -0.2) is 8.42 Å². The number of ether oxygens (including phenoxy) is 6. The molecule has 3 aliphatic rings. The highest BCUT2D eigenvalue weighted by molar-refractivity contribution is 7.91. The van der Waals surface area contributed by atoms with Crippen LogP contribution in [0.2, 0.25) is 0 Å². The summed E-state index contributed by atoms with van der Waals surface area (Å²) in [5.41, 5.74) is 0.982. The Balaban J connectivity index is 1.36. The van der Waals surface area contributed by atoms with Crippen LogP contribution >= 0.6 is 0 Å². The van der Waals surface area contributed by atoms with E-state index in [0.29, 0.717) is 6.61 Å². The number of hydrogen-bond acceptors (Lipinski definition) is 8. The molecular weight excluding hydrogens is 448 g/mol. The maximum absolute atomic E-state index is 12.9. The van der Waals surface area contributed by atoms with E-state index in [1.807, 2.05) is 44.2 Å². The summed E-state index contributed by atoms with van der Waals surface area (Å²) in [7, 11) is -3.59. The maximum atomic E-state index is 12.9. The third-order valence-electron chi connectivity index (χ3n) is 6.00. The first-order chi connectivity index (χ1) is 15.8. The molecule has 8 nitrogen and oxygen atoms in total. The standard InChI is InChI=1S/C24H28O8S/c1-23(2)29-16-24(32-23)22(27-13-17-9-5-3-6-10-17)21-19(14-28-24)30-20(31-21)15-33(25,26)18-11-7-4-8-12-18/h3-12,19-22H,13-16H2,1-2H3/t19-,20?,21-,22+,24+/m1/s1. The summed E-state index contributed by atoms with van der Waals surface area (Å²) < 4.78 is 62.2. The molecule has 3 aliphatic heterocycles. The van der Waals surface area contributed by atoms with Gasteiger partial charge >= 0.3 is 0 Å². The van der Waals surface area contributed by atoms with Crippen LogP contribution < -0.4 is 0 Å². The Hall–Kier alpha value is -1.85. The predicted octanol–water partition coefficient (Wildman–Crippen LogP) is 2.67. The highest BCUT2D eigenvalue weighted by Gasteiger charge is 2.62. The Morgan fingerprint density at radius 3 is 2.33 bits per heavy atom. The van der Waals surface area contributed by atoms with Crippen molar-refractivity contribution in [2.45, 2.75) is 61.5 Å². The fraction of sp³-hybridized carbons (Fsp3) is 0.500. The monoisotopic (exact) mass is 476 g/mol. The lowest BCUT2D eigenvalue weighted by atomic mass is 9.97. The second-order valence-corrected chi connectivity index (χ2v) is 11.0. The van der Waals surface area contributed by atoms with E-state index in [-0.39, 0.29) is 23.9 Å². The Kier molecular flexibility index (Phi) is 6.07. The first kappa shape index (κ1) is 22.9. The molecule has 1 unspecified atom stereocenters. The van der Waals surface area contributed by atoms with E-state index < -0.39 is 46.0 Å². The molecule has 3 saturated heterocycles. The van der Waals surface area contributed by atoms with E-state index in [9.17, 15) is 8.42 Å². The summed E-state index contributed by atoms with van der Waals surface area (Å²) in [6.07, 6.45) is -2.68. The van der Waals surface area contributed by atoms with Crippen LogP contribution in [-0.4, -0.2) is 63.6 Å². The van der Waals surface area contributed by atoms with Gasteiger partial charge in [-0.1, -0.05) is 48.5 Å². The van der Waals surface area contributed by atoms with Crippen LogP contribution in [-0.2, 0) is 44.9 Å². The Morgan fingerprint density at radius 2 is 1.67 bits per heavy atom. The second kappa shape index (κ2) is 8.74. The molecule has 0 aromatic heterocycles. The smallest absolute Gasteiger partial charge is 0.224 e. The molecule has 0 N–H and O–H groups in total. The van der Waals surface area contributed by atoms with Crippen LogP contribution in [0.5, 0.6) is 0 Å². The normalized spacial score (nSPS) is 33.3. The molecule has 2 aromatic carbocycles. The molecule has 5 atom stereocenters. The summed E-state index contributed by atoms with van der Waals surface area (Å²) in [5, 5.41) is 0. The summed E-state index contributed by atoms with van der Waals surface area (Å²) >= 11 is 0. The summed E-state index contributed by atoms with van der Waals surface area (Å²) in [4.78, 5) is 0.228. The van der Waals surface area contributed by atoms with E-state index in [1.165, 1.54) is 0 Å². The number of rotatable bonds is 6. The van der Waals surface area contributed by atoms with Crippen molar-refractivity contribution in [1.29, 1.82) is 0 Å². The highest BCUT2D eigenvalue weighted by atomic mass is 32.2. The van der Waals surface area contributed by atoms with Crippen molar-refractivity contribution < 1.29 is 36.8 Å². The van der Waals surface area contributed by atoms with Crippen LogP contribution in [0.4, 0.5) is 0 Å². The largest absolute Gasteiger partial charge is 0.365 e. The van der Waals surface area contributed by atoms with Crippen LogP contribution in [0, 0.1) is 0 Å². The molecular formula is C24H28O8S. The molecule has 0 aliphatic carbocycles. The molecule has 2 aromatic rings. The van der Waals surface area contributed by atoms with Crippen molar-refractivity contribution in [1.82, 2.24) is 0 Å². The average Bonchev–Trinajstić information content (AvgIpc) is 3.34. The minimum Gasteiger partial charge on any atom is -0.365 e. The first-order valence-electron chi connectivity index (χ1n) is 11.0. The molecule has 178 valence electrons. The zero-order chi connectivity index (χ0) is 23.1. The van der Waals surface area contributed by atoms with Gasteiger partial charge in [-0.05, 0) is 31.5 Å². The van der Waals surface area contributed by atoms with Crippen molar-refractivity contribution in [3.8, 4) is 0 Å². The average molecular weight is 477 g/mol. The molecule has 5 rings (SSSR count). The zero-order valence-corrected chi connectivity index (χ0v) is 19.4. The van der Waals surface area contributed by atoms with Crippen LogP contribution in [0.25, 0.3) is 0 Å². The van der Waals surface area contributed by atoms with E-state index >= 15 is 0 Å². The lowest BCUT2D eigenvalue weighted by molar-refractivity contribution is -0.335. The molecule has 0 saturated carbocycles. The van der Waals surface area contributed by atoms with Gasteiger partial charge in [-0.15, -0.1) is 0 Å². The van der Waals surface area contributed by atoms with Gasteiger partial charge in [0.25, 0.3) is 0 Å². The van der Waals surface area contributed by atoms with Gasteiger partial charge in [0.15, 0.2) is 21.9 Å². The third kappa shape index (κ3) is 4.72. The van der Waals surface area contributed by atoms with Gasteiger partial charge in [0.05, 0.1) is 18.1 Å². The molecule has 1 spiro atoms. The fourth-order valence-electron chi connectivity index (χ4n) is 4.45. The second-order valence-electron chi connectivity index (χ2n) is 8.93. The van der Waals surface area contributed by atoms with Gasteiger partial charge in [-0.2, -0.15) is 0 Å². The molecule has 33 heavy (non-hydrogen) atoms. The number of hydrogen-bond donors (Lipinski definition) is 0. The van der Waals surface area contributed by atoms with Crippen LogP contribution in [0.15, 0.2) is 65.6 Å². The molecule has 0 amide bonds. The van der Waals surface area contributed by atoms with Crippen molar-refractivity contribution >= 4 is 9.84 Å². The van der Waals surface area contributed by atoms with Crippen LogP contribution in [0.1, 0.15) is 19.4 Å². The summed E-state index contributed by atoms with van der Waals surface area (Å²) in [6.45, 7) is 4.27. The Morgan fingerprint density at radius 1 is 0.970 bits per heavy atom. The lowest BCUT2D eigenvalue weighted by Gasteiger charge is -2.43. The predicted molar refractivity (Wildman–Crippen MR) is 117 cm³/mol. The molecule has 3 fully saturated rings. The van der Waals surface area contributed by atoms with E-state index in [2.05, 4.69) is 0 Å². The van der Waals surface area contributed by atoms with Gasteiger partial charge < -0.3 is 28.4 Å². The minimum absolute atomic E-state index is 0.166. The quantitative estimate of drug-likeness (QED) is 0.629. The van der Waals surface area contributed by atoms with E-state index in [0.717, 1.165) is 5.56 Å². The summed E-state index contributed by atoms with van der Waals surface area (Å²) in [5.74, 6) is -2.32. The Labute approximate surface area is 193 Å². The van der Waals surface area contributed by atoms with Crippen LogP contribution in [0.3, 0.4) is 0 Å².